The fourth-order valence-electron chi connectivity index (χ4n) is 2.45. The van der Waals surface area contributed by atoms with E-state index in [1.165, 1.54) is 18.3 Å². The molecular weight excluding hydrogens is 300 g/mol. The standard InChI is InChI=1S/C15H16N4O2S/c1-9-3-5-12(6-4-9)19-8-11(7-13(19)21)14-17-18-15(22-14)16-10(2)20/h3-6,11H,7-8H2,1-2H3,(H,16,18,20)/t11-/m0/s1. The summed E-state index contributed by atoms with van der Waals surface area (Å²) >= 11 is 1.33. The van der Waals surface area contributed by atoms with Crippen LogP contribution >= 0.6 is 11.3 Å². The van der Waals surface area contributed by atoms with Gasteiger partial charge in [-0.1, -0.05) is 29.0 Å². The second-order valence-electron chi connectivity index (χ2n) is 5.37. The Kier molecular flexibility index (Phi) is 3.89. The summed E-state index contributed by atoms with van der Waals surface area (Å²) in [6.45, 7) is 4.04. The predicted octanol–water partition coefficient (Wildman–Crippen LogP) is 2.33. The minimum absolute atomic E-state index is 0.0220. The number of hydrogen-bond acceptors (Lipinski definition) is 5. The molecule has 7 heteroatoms. The van der Waals surface area contributed by atoms with Crippen molar-refractivity contribution in [1.82, 2.24) is 10.2 Å². The van der Waals surface area contributed by atoms with Crippen LogP contribution in [0.25, 0.3) is 0 Å². The van der Waals surface area contributed by atoms with E-state index in [1.54, 1.807) is 4.90 Å². The van der Waals surface area contributed by atoms with Gasteiger partial charge in [-0.2, -0.15) is 0 Å². The monoisotopic (exact) mass is 316 g/mol. The number of aryl methyl sites for hydroxylation is 1. The first-order chi connectivity index (χ1) is 10.5. The molecule has 1 aliphatic rings. The van der Waals surface area contributed by atoms with Crippen molar-refractivity contribution in [2.75, 3.05) is 16.8 Å². The summed E-state index contributed by atoms with van der Waals surface area (Å²) in [4.78, 5) is 25.0. The van der Waals surface area contributed by atoms with Crippen molar-refractivity contribution in [3.63, 3.8) is 0 Å². The highest BCUT2D eigenvalue weighted by molar-refractivity contribution is 7.15. The van der Waals surface area contributed by atoms with Gasteiger partial charge in [-0.25, -0.2) is 0 Å². The normalized spacial score (nSPS) is 17.8. The average molecular weight is 316 g/mol. The van der Waals surface area contributed by atoms with Crippen molar-refractivity contribution < 1.29 is 9.59 Å². The number of anilines is 2. The lowest BCUT2D eigenvalue weighted by molar-refractivity contribution is -0.117. The van der Waals surface area contributed by atoms with Crippen LogP contribution in [-0.2, 0) is 9.59 Å². The van der Waals surface area contributed by atoms with Gasteiger partial charge in [-0.3, -0.25) is 9.59 Å². The van der Waals surface area contributed by atoms with Crippen LogP contribution in [0.3, 0.4) is 0 Å². The van der Waals surface area contributed by atoms with Crippen molar-refractivity contribution in [3.8, 4) is 0 Å². The molecule has 0 spiro atoms. The number of rotatable bonds is 3. The second kappa shape index (κ2) is 5.84. The topological polar surface area (TPSA) is 75.2 Å². The van der Waals surface area contributed by atoms with Crippen LogP contribution in [0.15, 0.2) is 24.3 Å². The lowest BCUT2D eigenvalue weighted by Gasteiger charge is -2.16. The van der Waals surface area contributed by atoms with E-state index in [-0.39, 0.29) is 17.7 Å². The molecule has 2 heterocycles. The third-order valence-corrected chi connectivity index (χ3v) is 4.54. The molecule has 2 amide bonds. The van der Waals surface area contributed by atoms with Crippen LogP contribution in [0.4, 0.5) is 10.8 Å². The molecular formula is C15H16N4O2S. The van der Waals surface area contributed by atoms with Crippen LogP contribution in [0.2, 0.25) is 0 Å². The highest BCUT2D eigenvalue weighted by atomic mass is 32.1. The molecule has 0 unspecified atom stereocenters. The Morgan fingerprint density at radius 1 is 1.32 bits per heavy atom. The zero-order chi connectivity index (χ0) is 15.7. The quantitative estimate of drug-likeness (QED) is 0.943. The van der Waals surface area contributed by atoms with E-state index in [9.17, 15) is 9.59 Å². The molecule has 22 heavy (non-hydrogen) atoms. The van der Waals surface area contributed by atoms with E-state index in [0.717, 1.165) is 16.3 Å². The first-order valence-electron chi connectivity index (χ1n) is 7.01. The van der Waals surface area contributed by atoms with Gasteiger partial charge in [0.15, 0.2) is 0 Å². The van der Waals surface area contributed by atoms with Gasteiger partial charge < -0.3 is 10.2 Å². The predicted molar refractivity (Wildman–Crippen MR) is 85.1 cm³/mol. The molecule has 1 atom stereocenters. The summed E-state index contributed by atoms with van der Waals surface area (Å²) in [5.41, 5.74) is 2.07. The maximum atomic E-state index is 12.2. The first kappa shape index (κ1) is 14.6. The van der Waals surface area contributed by atoms with Crippen LogP contribution in [0, 0.1) is 6.92 Å². The molecule has 0 saturated carbocycles. The van der Waals surface area contributed by atoms with Gasteiger partial charge in [0.2, 0.25) is 16.9 Å². The highest BCUT2D eigenvalue weighted by Gasteiger charge is 2.33. The first-order valence-corrected chi connectivity index (χ1v) is 7.82. The Hall–Kier alpha value is -2.28. The highest BCUT2D eigenvalue weighted by Crippen LogP contribution is 2.34. The molecule has 1 aromatic heterocycles. The number of aromatic nitrogens is 2. The second-order valence-corrected chi connectivity index (χ2v) is 6.38. The van der Waals surface area contributed by atoms with Gasteiger partial charge in [-0.15, -0.1) is 10.2 Å². The summed E-state index contributed by atoms with van der Waals surface area (Å²) in [6.07, 6.45) is 0.419. The average Bonchev–Trinajstić information content (AvgIpc) is 3.06. The number of carbonyl (C=O) groups excluding carboxylic acids is 2. The Bertz CT molecular complexity index is 711. The molecule has 1 fully saturated rings. The molecule has 114 valence electrons. The van der Waals surface area contributed by atoms with Crippen LogP contribution in [0.1, 0.15) is 29.8 Å². The van der Waals surface area contributed by atoms with Crippen LogP contribution < -0.4 is 10.2 Å². The fourth-order valence-corrected chi connectivity index (χ4v) is 3.33. The van der Waals surface area contributed by atoms with Crippen molar-refractivity contribution in [3.05, 3.63) is 34.8 Å². The minimum atomic E-state index is -0.175. The number of benzene rings is 1. The molecule has 0 aliphatic carbocycles. The summed E-state index contributed by atoms with van der Waals surface area (Å²) in [6, 6.07) is 7.91. The number of nitrogens with zero attached hydrogens (tertiary/aromatic N) is 3. The third kappa shape index (κ3) is 2.99. The molecule has 0 bridgehead atoms. The molecule has 6 nitrogen and oxygen atoms in total. The van der Waals surface area contributed by atoms with Gasteiger partial charge in [0.1, 0.15) is 5.01 Å². The van der Waals surface area contributed by atoms with Crippen LogP contribution in [-0.4, -0.2) is 28.6 Å². The molecule has 1 aliphatic heterocycles. The summed E-state index contributed by atoms with van der Waals surface area (Å²) in [5, 5.41) is 11.9. The maximum Gasteiger partial charge on any atom is 0.227 e. The Morgan fingerprint density at radius 3 is 2.73 bits per heavy atom. The van der Waals surface area contributed by atoms with Gasteiger partial charge in [0.05, 0.1) is 0 Å². The maximum absolute atomic E-state index is 12.2. The molecule has 1 saturated heterocycles. The van der Waals surface area contributed by atoms with E-state index in [2.05, 4.69) is 15.5 Å². The largest absolute Gasteiger partial charge is 0.312 e. The number of carbonyl (C=O) groups is 2. The van der Waals surface area contributed by atoms with Crippen molar-refractivity contribution in [2.24, 2.45) is 0 Å². The van der Waals surface area contributed by atoms with Crippen molar-refractivity contribution in [1.29, 1.82) is 0 Å². The van der Waals surface area contributed by atoms with Crippen molar-refractivity contribution >= 4 is 34.0 Å². The SMILES string of the molecule is CC(=O)Nc1nnc([C@H]2CC(=O)N(c3ccc(C)cc3)C2)s1. The summed E-state index contributed by atoms with van der Waals surface area (Å²) < 4.78 is 0. The zero-order valence-electron chi connectivity index (χ0n) is 12.4. The van der Waals surface area contributed by atoms with Gasteiger partial charge >= 0.3 is 0 Å². The molecule has 1 N–H and O–H groups in total. The minimum Gasteiger partial charge on any atom is -0.312 e. The van der Waals surface area contributed by atoms with E-state index in [0.29, 0.717) is 18.1 Å². The smallest absolute Gasteiger partial charge is 0.227 e. The van der Waals surface area contributed by atoms with Gasteiger partial charge in [0, 0.05) is 31.5 Å². The summed E-state index contributed by atoms with van der Waals surface area (Å²) in [5.74, 6) is -0.0644. The van der Waals surface area contributed by atoms with E-state index >= 15 is 0 Å². The van der Waals surface area contributed by atoms with Gasteiger partial charge in [-0.05, 0) is 19.1 Å². The zero-order valence-corrected chi connectivity index (χ0v) is 13.2. The molecule has 1 aromatic carbocycles. The van der Waals surface area contributed by atoms with Crippen LogP contribution in [0.5, 0.6) is 0 Å². The lowest BCUT2D eigenvalue weighted by Crippen LogP contribution is -2.24. The Labute approximate surface area is 132 Å². The van der Waals surface area contributed by atoms with Crippen molar-refractivity contribution in [2.45, 2.75) is 26.2 Å². The molecule has 0 radical (unpaired) electrons. The third-order valence-electron chi connectivity index (χ3n) is 3.54. The number of nitrogens with one attached hydrogen (secondary N) is 1. The number of hydrogen-bond donors (Lipinski definition) is 1. The van der Waals surface area contributed by atoms with E-state index in [4.69, 9.17) is 0 Å². The Morgan fingerprint density at radius 2 is 2.05 bits per heavy atom. The fraction of sp³-hybridized carbons (Fsp3) is 0.333. The molecule has 3 rings (SSSR count). The Balaban J connectivity index is 1.75. The molecule has 2 aromatic rings. The van der Waals surface area contributed by atoms with E-state index in [1.807, 2.05) is 31.2 Å². The lowest BCUT2D eigenvalue weighted by atomic mass is 10.1. The van der Waals surface area contributed by atoms with E-state index < -0.39 is 0 Å². The van der Waals surface area contributed by atoms with Gasteiger partial charge in [0.25, 0.3) is 0 Å². The number of amides is 2. The summed E-state index contributed by atoms with van der Waals surface area (Å²) in [7, 11) is 0.